The van der Waals surface area contributed by atoms with E-state index < -0.39 is 0 Å². The molecule has 0 spiro atoms. The molecule has 1 heterocycles. The zero-order valence-corrected chi connectivity index (χ0v) is 17.9. The Hall–Kier alpha value is -2.54. The number of aromatic nitrogens is 2. The fraction of sp³-hybridized carbons (Fsp3) is 0.450. The molecule has 0 saturated carbocycles. The first kappa shape index (κ1) is 21.8. The molecule has 2 rings (SSSR count). The Morgan fingerprint density at radius 2 is 1.86 bits per heavy atom. The molecule has 8 heteroatoms. The number of hydrogen-bond acceptors (Lipinski definition) is 3. The van der Waals surface area contributed by atoms with E-state index in [9.17, 15) is 9.59 Å². The molecule has 1 aromatic heterocycles. The van der Waals surface area contributed by atoms with Crippen molar-refractivity contribution >= 4 is 29.2 Å². The Kier molecular flexibility index (Phi) is 7.45. The summed E-state index contributed by atoms with van der Waals surface area (Å²) in [5.41, 5.74) is 3.29. The summed E-state index contributed by atoms with van der Waals surface area (Å²) in [5.74, 6) is -0.127. The number of hydrogen-bond donors (Lipinski definition) is 1. The maximum Gasteiger partial charge on any atom is 0.322 e. The molecule has 0 unspecified atom stereocenters. The molecule has 2 aromatic rings. The molecule has 0 aliphatic rings. The lowest BCUT2D eigenvalue weighted by Crippen LogP contribution is -2.43. The maximum absolute atomic E-state index is 12.8. The van der Waals surface area contributed by atoms with Crippen molar-refractivity contribution in [3.05, 3.63) is 46.2 Å². The second-order valence-electron chi connectivity index (χ2n) is 6.90. The fourth-order valence-corrected chi connectivity index (χ4v) is 3.02. The third kappa shape index (κ3) is 5.48. The predicted octanol–water partition coefficient (Wildman–Crippen LogP) is 3.59. The lowest BCUT2D eigenvalue weighted by molar-refractivity contribution is -0.131. The van der Waals surface area contributed by atoms with Crippen LogP contribution in [0.15, 0.2) is 24.3 Å². The average Bonchev–Trinajstić information content (AvgIpc) is 2.89. The number of carbonyl (C=O) groups is 2. The van der Waals surface area contributed by atoms with Gasteiger partial charge in [0.25, 0.3) is 0 Å². The number of nitrogens with zero attached hydrogens (tertiary/aromatic N) is 4. The van der Waals surface area contributed by atoms with E-state index in [0.29, 0.717) is 23.8 Å². The summed E-state index contributed by atoms with van der Waals surface area (Å²) in [6, 6.07) is 7.07. The van der Waals surface area contributed by atoms with Gasteiger partial charge in [-0.05, 0) is 38.0 Å². The molecule has 3 amide bonds. The molecule has 0 bridgehead atoms. The Morgan fingerprint density at radius 1 is 1.21 bits per heavy atom. The Morgan fingerprint density at radius 3 is 2.39 bits per heavy atom. The summed E-state index contributed by atoms with van der Waals surface area (Å²) in [7, 11) is 3.56. The predicted molar refractivity (Wildman–Crippen MR) is 111 cm³/mol. The van der Waals surface area contributed by atoms with Gasteiger partial charge in [0.15, 0.2) is 0 Å². The summed E-state index contributed by atoms with van der Waals surface area (Å²) >= 11 is 5.90. The highest BCUT2D eigenvalue weighted by Crippen LogP contribution is 2.19. The van der Waals surface area contributed by atoms with Crippen LogP contribution in [0, 0.1) is 13.8 Å². The van der Waals surface area contributed by atoms with Crippen LogP contribution in [0.3, 0.4) is 0 Å². The molecule has 28 heavy (non-hydrogen) atoms. The summed E-state index contributed by atoms with van der Waals surface area (Å²) in [6.45, 7) is 6.68. The van der Waals surface area contributed by atoms with Gasteiger partial charge in [0.05, 0.1) is 17.1 Å². The lowest BCUT2D eigenvalue weighted by Gasteiger charge is -2.25. The number of nitrogens with one attached hydrogen (secondary N) is 1. The van der Waals surface area contributed by atoms with Gasteiger partial charge in [-0.1, -0.05) is 30.7 Å². The number of amides is 3. The highest BCUT2D eigenvalue weighted by Gasteiger charge is 2.21. The molecule has 1 aromatic carbocycles. The molecule has 0 saturated heterocycles. The second kappa shape index (κ2) is 9.59. The number of benzene rings is 1. The molecule has 0 aliphatic carbocycles. The van der Waals surface area contributed by atoms with E-state index in [1.54, 1.807) is 28.8 Å². The number of rotatable bonds is 7. The zero-order chi connectivity index (χ0) is 20.8. The van der Waals surface area contributed by atoms with Crippen LogP contribution in [0.2, 0.25) is 5.02 Å². The van der Waals surface area contributed by atoms with Gasteiger partial charge in [-0.2, -0.15) is 5.10 Å². The van der Waals surface area contributed by atoms with Crippen molar-refractivity contribution < 1.29 is 9.59 Å². The van der Waals surface area contributed by atoms with E-state index in [1.165, 1.54) is 4.90 Å². The van der Waals surface area contributed by atoms with E-state index in [1.807, 2.05) is 40.0 Å². The van der Waals surface area contributed by atoms with Crippen molar-refractivity contribution in [2.45, 2.75) is 33.7 Å². The van der Waals surface area contributed by atoms with E-state index in [2.05, 4.69) is 10.4 Å². The van der Waals surface area contributed by atoms with Crippen LogP contribution in [0.5, 0.6) is 0 Å². The van der Waals surface area contributed by atoms with Gasteiger partial charge in [-0.25, -0.2) is 4.79 Å². The van der Waals surface area contributed by atoms with Gasteiger partial charge >= 0.3 is 6.03 Å². The Balaban J connectivity index is 2.02. The molecule has 7 nitrogen and oxygen atoms in total. The standard InChI is InChI=1S/C20H28ClN5O2/c1-6-11-26(20(28)22-19-14(2)23-25(5)15(19)3)13-18(27)24(4)12-16-7-9-17(21)10-8-16/h7-10H,6,11-13H2,1-5H3,(H,22,28). The summed E-state index contributed by atoms with van der Waals surface area (Å²) < 4.78 is 1.72. The molecular weight excluding hydrogens is 378 g/mol. The molecule has 1 N–H and O–H groups in total. The molecule has 0 radical (unpaired) electrons. The number of anilines is 1. The van der Waals surface area contributed by atoms with Crippen LogP contribution < -0.4 is 5.32 Å². The topological polar surface area (TPSA) is 70.5 Å². The van der Waals surface area contributed by atoms with Crippen LogP contribution in [0.1, 0.15) is 30.3 Å². The van der Waals surface area contributed by atoms with Crippen LogP contribution in [0.25, 0.3) is 0 Å². The van der Waals surface area contributed by atoms with Crippen molar-refractivity contribution in [3.63, 3.8) is 0 Å². The molecular formula is C20H28ClN5O2. The number of halogens is 1. The minimum absolute atomic E-state index is 0.0160. The third-order valence-electron chi connectivity index (χ3n) is 4.61. The normalized spacial score (nSPS) is 10.6. The lowest BCUT2D eigenvalue weighted by atomic mass is 10.2. The fourth-order valence-electron chi connectivity index (χ4n) is 2.90. The SMILES string of the molecule is CCCN(CC(=O)N(C)Cc1ccc(Cl)cc1)C(=O)Nc1c(C)nn(C)c1C. The third-order valence-corrected chi connectivity index (χ3v) is 4.86. The largest absolute Gasteiger partial charge is 0.340 e. The first-order valence-corrected chi connectivity index (χ1v) is 9.65. The van der Waals surface area contributed by atoms with Gasteiger partial charge in [0.2, 0.25) is 5.91 Å². The van der Waals surface area contributed by atoms with Gasteiger partial charge in [-0.3, -0.25) is 9.48 Å². The molecule has 0 fully saturated rings. The van der Waals surface area contributed by atoms with Crippen LogP contribution in [-0.4, -0.2) is 51.7 Å². The quantitative estimate of drug-likeness (QED) is 0.765. The minimum atomic E-state index is -0.297. The van der Waals surface area contributed by atoms with E-state index in [4.69, 9.17) is 11.6 Å². The second-order valence-corrected chi connectivity index (χ2v) is 7.33. The summed E-state index contributed by atoms with van der Waals surface area (Å²) in [4.78, 5) is 28.6. The van der Waals surface area contributed by atoms with Crippen molar-refractivity contribution in [1.82, 2.24) is 19.6 Å². The summed E-state index contributed by atoms with van der Waals surface area (Å²) in [6.07, 6.45) is 0.757. The van der Waals surface area contributed by atoms with Gasteiger partial charge in [0, 0.05) is 32.2 Å². The molecule has 0 atom stereocenters. The Labute approximate surface area is 171 Å². The smallest absolute Gasteiger partial charge is 0.322 e. The Bertz CT molecular complexity index is 832. The monoisotopic (exact) mass is 405 g/mol. The van der Waals surface area contributed by atoms with Gasteiger partial charge in [0.1, 0.15) is 6.54 Å². The highest BCUT2D eigenvalue weighted by molar-refractivity contribution is 6.30. The maximum atomic E-state index is 12.8. The first-order chi connectivity index (χ1) is 13.2. The van der Waals surface area contributed by atoms with Crippen molar-refractivity contribution in [2.75, 3.05) is 25.5 Å². The average molecular weight is 406 g/mol. The molecule has 152 valence electrons. The van der Waals surface area contributed by atoms with Crippen molar-refractivity contribution in [2.24, 2.45) is 7.05 Å². The number of likely N-dealkylation sites (N-methyl/N-ethyl adjacent to an activating group) is 1. The van der Waals surface area contributed by atoms with E-state index in [0.717, 1.165) is 23.4 Å². The van der Waals surface area contributed by atoms with Gasteiger partial charge in [-0.15, -0.1) is 0 Å². The number of aryl methyl sites for hydroxylation is 2. The molecule has 0 aliphatic heterocycles. The van der Waals surface area contributed by atoms with Crippen LogP contribution in [-0.2, 0) is 18.4 Å². The number of urea groups is 1. The van der Waals surface area contributed by atoms with Gasteiger partial charge < -0.3 is 15.1 Å². The van der Waals surface area contributed by atoms with Crippen molar-refractivity contribution in [1.29, 1.82) is 0 Å². The van der Waals surface area contributed by atoms with Crippen LogP contribution >= 0.6 is 11.6 Å². The summed E-state index contributed by atoms with van der Waals surface area (Å²) in [5, 5.41) is 7.87. The van der Waals surface area contributed by atoms with E-state index >= 15 is 0 Å². The number of carbonyl (C=O) groups excluding carboxylic acids is 2. The van der Waals surface area contributed by atoms with E-state index in [-0.39, 0.29) is 18.5 Å². The van der Waals surface area contributed by atoms with Crippen LogP contribution in [0.4, 0.5) is 10.5 Å². The zero-order valence-electron chi connectivity index (χ0n) is 17.1. The minimum Gasteiger partial charge on any atom is -0.340 e. The first-order valence-electron chi connectivity index (χ1n) is 9.27. The van der Waals surface area contributed by atoms with Crippen molar-refractivity contribution in [3.8, 4) is 0 Å². The highest BCUT2D eigenvalue weighted by atomic mass is 35.5.